The fourth-order valence-corrected chi connectivity index (χ4v) is 4.60. The summed E-state index contributed by atoms with van der Waals surface area (Å²) < 4.78 is 29.6. The molecule has 8 heteroatoms. The van der Waals surface area contributed by atoms with E-state index in [4.69, 9.17) is 23.4 Å². The first-order valence-electron chi connectivity index (χ1n) is 10.6. The van der Waals surface area contributed by atoms with Crippen molar-refractivity contribution in [2.24, 2.45) is 0 Å². The number of carbonyl (C=O) groups is 1. The molecule has 0 spiro atoms. The molecule has 1 aliphatic heterocycles. The molecule has 176 valence electrons. The maximum Gasteiger partial charge on any atom is 0.196 e. The van der Waals surface area contributed by atoms with Crippen LogP contribution < -0.4 is 0 Å². The number of aliphatic hydroxyl groups excluding tert-OH is 1. The van der Waals surface area contributed by atoms with E-state index in [9.17, 15) is 9.90 Å². The molecule has 0 bridgehead atoms. The van der Waals surface area contributed by atoms with Crippen LogP contribution in [0.5, 0.6) is 0 Å². The Hall–Kier alpha value is -1.13. The lowest BCUT2D eigenvalue weighted by atomic mass is 9.94. The molecule has 0 aliphatic carbocycles. The molecule has 0 unspecified atom stereocenters. The van der Waals surface area contributed by atoms with E-state index in [1.807, 2.05) is 6.07 Å². The maximum absolute atomic E-state index is 13.6. The average Bonchev–Trinajstić information content (AvgIpc) is 2.68. The molecule has 1 aliphatic rings. The molecule has 1 saturated heterocycles. The number of ketones is 1. The lowest BCUT2D eigenvalue weighted by Crippen LogP contribution is -2.62. The largest absolute Gasteiger partial charge is 0.406 e. The molecule has 0 amide bonds. The van der Waals surface area contributed by atoms with Gasteiger partial charge in [0.2, 0.25) is 0 Å². The van der Waals surface area contributed by atoms with Crippen LogP contribution in [-0.2, 0) is 28.2 Å². The highest BCUT2D eigenvalue weighted by molar-refractivity contribution is 6.74. The average molecular weight is 455 g/mol. The number of aliphatic hydroxyl groups is 1. The topological polar surface area (TPSA) is 83.5 Å². The van der Waals surface area contributed by atoms with Crippen LogP contribution in [0, 0.1) is 0 Å². The van der Waals surface area contributed by atoms with E-state index < -0.39 is 50.6 Å². The number of hydrogen-bond acceptors (Lipinski definition) is 7. The molecule has 0 radical (unpaired) electrons. The molecule has 1 N–H and O–H groups in total. The molecule has 31 heavy (non-hydrogen) atoms. The molecule has 0 saturated carbocycles. The van der Waals surface area contributed by atoms with E-state index in [0.717, 1.165) is 0 Å². The van der Waals surface area contributed by atoms with Gasteiger partial charge in [0.15, 0.2) is 38.4 Å². The Labute approximate surface area is 187 Å². The second-order valence-corrected chi connectivity index (χ2v) is 14.7. The van der Waals surface area contributed by atoms with Crippen molar-refractivity contribution in [1.82, 2.24) is 0 Å². The first-order chi connectivity index (χ1) is 14.2. The lowest BCUT2D eigenvalue weighted by Gasteiger charge is -2.47. The van der Waals surface area contributed by atoms with Crippen molar-refractivity contribution >= 4 is 14.1 Å². The molecular formula is C23H38O7Si. The molecule has 1 heterocycles. The first-order valence-corrected chi connectivity index (χ1v) is 13.5. The van der Waals surface area contributed by atoms with E-state index in [-0.39, 0.29) is 5.04 Å². The van der Waals surface area contributed by atoms with Gasteiger partial charge < -0.3 is 28.5 Å². The molecule has 1 aromatic carbocycles. The highest BCUT2D eigenvalue weighted by atomic mass is 28.4. The molecule has 7 nitrogen and oxygen atoms in total. The number of hydrogen-bond donors (Lipinski definition) is 1. The van der Waals surface area contributed by atoms with Gasteiger partial charge in [-0.25, -0.2) is 0 Å². The smallest absolute Gasteiger partial charge is 0.196 e. The van der Waals surface area contributed by atoms with Crippen molar-refractivity contribution in [2.75, 3.05) is 14.2 Å². The van der Waals surface area contributed by atoms with Crippen LogP contribution in [0.25, 0.3) is 0 Å². The summed E-state index contributed by atoms with van der Waals surface area (Å²) in [5.74, 6) is -1.53. The molecule has 1 aromatic rings. The third-order valence-corrected chi connectivity index (χ3v) is 10.6. The Kier molecular flexibility index (Phi) is 8.24. The number of rotatable bonds is 8. The van der Waals surface area contributed by atoms with Gasteiger partial charge in [-0.05, 0) is 37.5 Å². The van der Waals surface area contributed by atoms with Crippen molar-refractivity contribution < 1.29 is 33.3 Å². The van der Waals surface area contributed by atoms with Crippen LogP contribution in [0.15, 0.2) is 30.3 Å². The van der Waals surface area contributed by atoms with Gasteiger partial charge >= 0.3 is 0 Å². The van der Waals surface area contributed by atoms with E-state index in [1.54, 1.807) is 38.1 Å². The van der Waals surface area contributed by atoms with Crippen LogP contribution in [0.1, 0.15) is 46.3 Å². The molecule has 2 rings (SSSR count). The molecule has 4 atom stereocenters. The number of carbonyl (C=O) groups excluding carboxylic acids is 1. The summed E-state index contributed by atoms with van der Waals surface area (Å²) in [6.45, 7) is 14.0. The Bertz CT molecular complexity index is 725. The minimum atomic E-state index is -2.33. The van der Waals surface area contributed by atoms with Gasteiger partial charge in [0.1, 0.15) is 12.2 Å². The number of ether oxygens (including phenoxy) is 4. The second-order valence-electron chi connectivity index (χ2n) is 9.92. The fourth-order valence-electron chi connectivity index (χ4n) is 3.33. The normalized spacial score (nSPS) is 24.3. The minimum Gasteiger partial charge on any atom is -0.406 e. The van der Waals surface area contributed by atoms with Gasteiger partial charge in [-0.15, -0.1) is 0 Å². The zero-order valence-corrected chi connectivity index (χ0v) is 21.2. The second kappa shape index (κ2) is 9.78. The van der Waals surface area contributed by atoms with Gasteiger partial charge in [-0.1, -0.05) is 51.1 Å². The Morgan fingerprint density at radius 2 is 1.55 bits per heavy atom. The third kappa shape index (κ3) is 6.01. The number of methoxy groups -OCH3 is 2. The van der Waals surface area contributed by atoms with E-state index in [1.165, 1.54) is 14.2 Å². The van der Waals surface area contributed by atoms with E-state index in [0.29, 0.717) is 5.56 Å². The van der Waals surface area contributed by atoms with E-state index >= 15 is 0 Å². The number of benzene rings is 1. The Balaban J connectivity index is 2.44. The van der Waals surface area contributed by atoms with Gasteiger partial charge in [-0.3, -0.25) is 4.79 Å². The fraction of sp³-hybridized carbons (Fsp3) is 0.696. The summed E-state index contributed by atoms with van der Waals surface area (Å²) in [7, 11) is 0.671. The summed E-state index contributed by atoms with van der Waals surface area (Å²) in [6.07, 6.45) is -4.94. The molecule has 1 fully saturated rings. The summed E-state index contributed by atoms with van der Waals surface area (Å²) >= 11 is 0. The molecular weight excluding hydrogens is 416 g/mol. The maximum atomic E-state index is 13.6. The highest BCUT2D eigenvalue weighted by Crippen LogP contribution is 2.40. The van der Waals surface area contributed by atoms with Gasteiger partial charge in [0, 0.05) is 14.2 Å². The monoisotopic (exact) mass is 454 g/mol. The Morgan fingerprint density at radius 3 is 2.03 bits per heavy atom. The van der Waals surface area contributed by atoms with Crippen LogP contribution >= 0.6 is 0 Å². The predicted octanol–water partition coefficient (Wildman–Crippen LogP) is 3.82. The summed E-state index contributed by atoms with van der Waals surface area (Å²) in [6, 6.07) is 8.98. The van der Waals surface area contributed by atoms with Crippen molar-refractivity contribution in [2.45, 2.75) is 89.2 Å². The van der Waals surface area contributed by atoms with Crippen LogP contribution in [0.3, 0.4) is 0 Å². The lowest BCUT2D eigenvalue weighted by molar-refractivity contribution is -0.312. The van der Waals surface area contributed by atoms with Gasteiger partial charge in [-0.2, -0.15) is 0 Å². The molecule has 0 aromatic heterocycles. The van der Waals surface area contributed by atoms with Gasteiger partial charge in [0.25, 0.3) is 0 Å². The predicted molar refractivity (Wildman–Crippen MR) is 120 cm³/mol. The van der Waals surface area contributed by atoms with Crippen molar-refractivity contribution in [3.63, 3.8) is 0 Å². The SMILES string of the molecule is COC(OC)[C@H](O[Si](C)(C)C(C)(C)C)[C@@H]1OC(C)(C)O[C@H]([C@H](O)c2ccccc2)C1=O. The number of Topliss-reactive ketones (excluding diaryl/α,β-unsaturated/α-hetero) is 1. The zero-order valence-electron chi connectivity index (χ0n) is 20.2. The summed E-state index contributed by atoms with van der Waals surface area (Å²) in [5.41, 5.74) is 0.592. The summed E-state index contributed by atoms with van der Waals surface area (Å²) in [5, 5.41) is 10.9. The summed E-state index contributed by atoms with van der Waals surface area (Å²) in [4.78, 5) is 13.6. The van der Waals surface area contributed by atoms with Crippen molar-refractivity contribution in [3.8, 4) is 0 Å². The van der Waals surface area contributed by atoms with Crippen molar-refractivity contribution in [3.05, 3.63) is 35.9 Å². The first kappa shape index (κ1) is 26.1. The highest BCUT2D eigenvalue weighted by Gasteiger charge is 2.53. The van der Waals surface area contributed by atoms with Gasteiger partial charge in [0.05, 0.1) is 0 Å². The Morgan fingerprint density at radius 1 is 1.03 bits per heavy atom. The van der Waals surface area contributed by atoms with Crippen molar-refractivity contribution in [1.29, 1.82) is 0 Å². The van der Waals surface area contributed by atoms with E-state index in [2.05, 4.69) is 33.9 Å². The quantitative estimate of drug-likeness (QED) is 0.472. The third-order valence-electron chi connectivity index (χ3n) is 6.08. The van der Waals surface area contributed by atoms with Crippen LogP contribution in [0.4, 0.5) is 0 Å². The van der Waals surface area contributed by atoms with Crippen LogP contribution in [0.2, 0.25) is 18.1 Å². The van der Waals surface area contributed by atoms with Crippen LogP contribution in [-0.4, -0.2) is 63.8 Å². The minimum absolute atomic E-state index is 0.107. The zero-order chi connectivity index (χ0) is 23.6. The standard InChI is InChI=1S/C23H38O7Si/c1-22(2,3)31(8,9)30-20(21(26-6)27-7)19-17(25)18(28-23(4,5)29-19)16(24)15-13-11-10-12-14-15/h10-14,16,18-21,24H,1-9H3/t16-,18-,19-,20-/m1/s1.